The van der Waals surface area contributed by atoms with E-state index < -0.39 is 103 Å². The molecule has 4 rings (SSSR count). The minimum atomic E-state index is -5.64. The van der Waals surface area contributed by atoms with Crippen LogP contribution in [0, 0.1) is 29.6 Å². The number of nitrogens with two attached hydrogens (primary N) is 1. The van der Waals surface area contributed by atoms with E-state index in [9.17, 15) is 60.9 Å². The molecule has 0 radical (unpaired) electrons. The molecule has 1 fully saturated rings. The number of aliphatic carboxylic acids is 2. The van der Waals surface area contributed by atoms with Crippen LogP contribution < -0.4 is 20.5 Å². The van der Waals surface area contributed by atoms with E-state index in [1.165, 1.54) is 60.7 Å². The molecule has 4 atom stereocenters. The first-order valence-electron chi connectivity index (χ1n) is 18.7. The van der Waals surface area contributed by atoms with Crippen LogP contribution in [0.5, 0.6) is 11.5 Å². The van der Waals surface area contributed by atoms with E-state index in [0.717, 1.165) is 0 Å². The van der Waals surface area contributed by atoms with Crippen molar-refractivity contribution in [3.05, 3.63) is 89.5 Å². The molecule has 18 heteroatoms. The fraction of sp³-hybridized carbons (Fsp3) is 0.381. The van der Waals surface area contributed by atoms with Gasteiger partial charge in [0, 0.05) is 48.5 Å². The number of ether oxygens (including phenoxy) is 3. The fourth-order valence-corrected chi connectivity index (χ4v) is 6.72. The van der Waals surface area contributed by atoms with Crippen LogP contribution in [0.1, 0.15) is 61.0 Å². The molecule has 5 N–H and O–H groups in total. The Bertz CT molecular complexity index is 2070. The smallest absolute Gasteiger partial charge is 0.453 e. The van der Waals surface area contributed by atoms with Crippen molar-refractivity contribution in [1.29, 1.82) is 0 Å². The molecule has 60 heavy (non-hydrogen) atoms. The van der Waals surface area contributed by atoms with Gasteiger partial charge in [0.25, 0.3) is 0 Å². The van der Waals surface area contributed by atoms with Crippen LogP contribution in [0.4, 0.5) is 33.3 Å². The number of hydrogen-bond donors (Lipinski definition) is 4. The maximum Gasteiger partial charge on any atom is 0.453 e. The molecule has 13 nitrogen and oxygen atoms in total. The highest BCUT2D eigenvalue weighted by Gasteiger charge is 2.56. The molecule has 3 aromatic rings. The van der Waals surface area contributed by atoms with E-state index in [4.69, 9.17) is 19.9 Å². The third kappa shape index (κ3) is 12.6. The SMILES string of the molecule is CC(C)C(=O)C1C(CC(=O)O)CC(C(=O)Nc2ccc(CCOC(=O)/C=C/c3ccc(OC(=O)c4ccc(OCCCC(F)(F)C(F)(F)F)cc4)cc3)c(N)c2)C1C(=O)O. The number of anilines is 2. The average Bonchev–Trinajstić information content (AvgIpc) is 3.55. The number of carboxylic acids is 2. The van der Waals surface area contributed by atoms with Gasteiger partial charge in [0.1, 0.15) is 17.3 Å². The molecule has 1 saturated carbocycles. The molecule has 1 aliphatic carbocycles. The summed E-state index contributed by atoms with van der Waals surface area (Å²) in [6.07, 6.45) is -5.28. The Balaban J connectivity index is 1.22. The molecule has 322 valence electrons. The third-order valence-corrected chi connectivity index (χ3v) is 9.78. The summed E-state index contributed by atoms with van der Waals surface area (Å²) in [5.41, 5.74) is 7.94. The van der Waals surface area contributed by atoms with Crippen molar-refractivity contribution in [2.24, 2.45) is 29.6 Å². The molecule has 0 saturated heterocycles. The van der Waals surface area contributed by atoms with Gasteiger partial charge in [0.15, 0.2) is 0 Å². The normalized spacial score (nSPS) is 17.9. The van der Waals surface area contributed by atoms with Crippen LogP contribution >= 0.6 is 0 Å². The first-order valence-corrected chi connectivity index (χ1v) is 18.7. The summed E-state index contributed by atoms with van der Waals surface area (Å²) in [4.78, 5) is 74.9. The number of carbonyl (C=O) groups is 6. The van der Waals surface area contributed by atoms with Crippen LogP contribution in [0.25, 0.3) is 6.08 Å². The van der Waals surface area contributed by atoms with Gasteiger partial charge >= 0.3 is 36.0 Å². The fourth-order valence-electron chi connectivity index (χ4n) is 6.72. The highest BCUT2D eigenvalue weighted by atomic mass is 19.4. The monoisotopic (exact) mass is 846 g/mol. The Morgan fingerprint density at radius 2 is 1.53 bits per heavy atom. The molecule has 1 aliphatic rings. The molecule has 0 aromatic heterocycles. The van der Waals surface area contributed by atoms with E-state index in [1.54, 1.807) is 32.0 Å². The minimum absolute atomic E-state index is 0.0550. The van der Waals surface area contributed by atoms with Gasteiger partial charge in [-0.25, -0.2) is 9.59 Å². The molecule has 4 unspecified atom stereocenters. The topological polar surface area (TPSA) is 209 Å². The number of esters is 2. The van der Waals surface area contributed by atoms with E-state index in [-0.39, 0.29) is 47.9 Å². The summed E-state index contributed by atoms with van der Waals surface area (Å²) in [6, 6.07) is 16.0. The molecule has 0 bridgehead atoms. The summed E-state index contributed by atoms with van der Waals surface area (Å²) in [7, 11) is 0. The van der Waals surface area contributed by atoms with Crippen molar-refractivity contribution >= 4 is 53.0 Å². The van der Waals surface area contributed by atoms with Gasteiger partial charge in [-0.1, -0.05) is 32.0 Å². The van der Waals surface area contributed by atoms with Crippen molar-refractivity contribution in [2.75, 3.05) is 24.3 Å². The highest BCUT2D eigenvalue weighted by molar-refractivity contribution is 5.99. The molecule has 0 heterocycles. The number of carboxylic acid groups (broad SMARTS) is 2. The van der Waals surface area contributed by atoms with Crippen molar-refractivity contribution in [3.63, 3.8) is 0 Å². The second kappa shape index (κ2) is 20.1. The number of rotatable bonds is 19. The minimum Gasteiger partial charge on any atom is -0.494 e. The second-order valence-corrected chi connectivity index (χ2v) is 14.4. The van der Waals surface area contributed by atoms with Crippen LogP contribution in [0.15, 0.2) is 72.8 Å². The van der Waals surface area contributed by atoms with Crippen molar-refractivity contribution in [1.82, 2.24) is 0 Å². The lowest BCUT2D eigenvalue weighted by Gasteiger charge is -2.23. The number of benzene rings is 3. The number of hydrogen-bond acceptors (Lipinski definition) is 10. The number of alkyl halides is 5. The Morgan fingerprint density at radius 1 is 0.883 bits per heavy atom. The van der Waals surface area contributed by atoms with Crippen LogP contribution in [0.3, 0.4) is 0 Å². The maximum absolute atomic E-state index is 13.3. The van der Waals surface area contributed by atoms with E-state index in [1.807, 2.05) is 0 Å². The van der Waals surface area contributed by atoms with Gasteiger partial charge in [-0.15, -0.1) is 0 Å². The number of nitrogens with one attached hydrogen (secondary N) is 1. The summed E-state index contributed by atoms with van der Waals surface area (Å²) < 4.78 is 78.6. The van der Waals surface area contributed by atoms with Gasteiger partial charge in [-0.2, -0.15) is 22.0 Å². The van der Waals surface area contributed by atoms with Gasteiger partial charge in [-0.3, -0.25) is 19.2 Å². The molecular formula is C42H43F5N2O11. The summed E-state index contributed by atoms with van der Waals surface area (Å²) in [6.45, 7) is 2.74. The lowest BCUT2D eigenvalue weighted by molar-refractivity contribution is -0.284. The number of Topliss-reactive ketones (excluding diaryl/α,β-unsaturated/α-hetero) is 1. The molecule has 0 spiro atoms. The molecule has 3 aromatic carbocycles. The van der Waals surface area contributed by atoms with Crippen LogP contribution in [-0.4, -0.2) is 71.1 Å². The van der Waals surface area contributed by atoms with Crippen LogP contribution in [0.2, 0.25) is 0 Å². The van der Waals surface area contributed by atoms with Gasteiger partial charge in [-0.05, 0) is 84.5 Å². The number of carbonyl (C=O) groups excluding carboxylic acids is 4. The number of ketones is 1. The zero-order chi connectivity index (χ0) is 44.4. The number of halogens is 5. The first kappa shape index (κ1) is 46.4. The van der Waals surface area contributed by atoms with Crippen molar-refractivity contribution in [3.8, 4) is 11.5 Å². The summed E-state index contributed by atoms with van der Waals surface area (Å²) in [5.74, 6) is -14.6. The zero-order valence-corrected chi connectivity index (χ0v) is 32.4. The van der Waals surface area contributed by atoms with Gasteiger partial charge in [0.05, 0.1) is 30.6 Å². The third-order valence-electron chi connectivity index (χ3n) is 9.78. The highest BCUT2D eigenvalue weighted by Crippen LogP contribution is 2.46. The lowest BCUT2D eigenvalue weighted by atomic mass is 9.79. The van der Waals surface area contributed by atoms with E-state index in [0.29, 0.717) is 11.1 Å². The van der Waals surface area contributed by atoms with Crippen LogP contribution in [-0.2, 0) is 35.1 Å². The van der Waals surface area contributed by atoms with E-state index >= 15 is 0 Å². The number of nitrogen functional groups attached to an aromatic ring is 1. The van der Waals surface area contributed by atoms with Crippen molar-refractivity contribution in [2.45, 2.75) is 58.1 Å². The van der Waals surface area contributed by atoms with Gasteiger partial charge in [0.2, 0.25) is 5.91 Å². The van der Waals surface area contributed by atoms with E-state index in [2.05, 4.69) is 5.32 Å². The Labute approximate surface area is 340 Å². The number of amides is 1. The standard InChI is InChI=1S/C42H43F5N2O11/c1-23(2)37(53)35-27(21-33(50)51)20-31(36(35)39(55)56)38(54)49-28-10-7-25(32(48)22-28)16-19-59-34(52)15-6-24-4-11-30(12-5-24)60-40(57)26-8-13-29(14-9-26)58-18-3-17-41(43,44)42(45,46)47/h4-15,22-23,27,31,35-36H,3,16-21,48H2,1-2H3,(H,49,54)(H,50,51)(H,55,56)/b15-6+. The predicted octanol–water partition coefficient (Wildman–Crippen LogP) is 7.24. The summed E-state index contributed by atoms with van der Waals surface area (Å²) >= 11 is 0. The molecule has 1 amide bonds. The Kier molecular flexibility index (Phi) is 15.5. The largest absolute Gasteiger partial charge is 0.494 e. The molecule has 0 aliphatic heterocycles. The lowest BCUT2D eigenvalue weighted by Crippen LogP contribution is -2.37. The van der Waals surface area contributed by atoms with Crippen molar-refractivity contribution < 1.29 is 75.1 Å². The predicted molar refractivity (Wildman–Crippen MR) is 205 cm³/mol. The Hall–Kier alpha value is -6.33. The first-order chi connectivity index (χ1) is 28.2. The Morgan fingerprint density at radius 3 is 2.12 bits per heavy atom. The second-order valence-electron chi connectivity index (χ2n) is 14.4. The quantitative estimate of drug-likeness (QED) is 0.0235. The summed E-state index contributed by atoms with van der Waals surface area (Å²) in [5, 5.41) is 22.0. The molecular weight excluding hydrogens is 803 g/mol. The average molecular weight is 847 g/mol. The zero-order valence-electron chi connectivity index (χ0n) is 32.4. The van der Waals surface area contributed by atoms with Gasteiger partial charge < -0.3 is 35.5 Å². The maximum atomic E-state index is 13.3.